The second-order valence-corrected chi connectivity index (χ2v) is 2.54. The molecule has 0 amide bonds. The molecule has 0 aliphatic rings. The number of nitriles is 1. The zero-order chi connectivity index (χ0) is 11.4. The van der Waals surface area contributed by atoms with Gasteiger partial charge in [-0.05, 0) is 12.1 Å². The van der Waals surface area contributed by atoms with E-state index in [0.29, 0.717) is 0 Å². The molecule has 0 saturated heterocycles. The average molecular weight is 212 g/mol. The normalized spacial score (nSPS) is 9.80. The second kappa shape index (κ2) is 4.46. The van der Waals surface area contributed by atoms with E-state index in [0.717, 1.165) is 19.2 Å². The maximum absolute atomic E-state index is 12.3. The minimum Gasteiger partial charge on any atom is -0.464 e. The van der Waals surface area contributed by atoms with Crippen molar-refractivity contribution in [3.8, 4) is 6.07 Å². The van der Waals surface area contributed by atoms with E-state index < -0.39 is 23.8 Å². The lowest BCUT2D eigenvalue weighted by Crippen LogP contribution is -2.09. The molecule has 4 nitrogen and oxygen atoms in total. The molecule has 6 heteroatoms. The quantitative estimate of drug-likeness (QED) is 0.699. The fourth-order valence-corrected chi connectivity index (χ4v) is 0.938. The molecule has 1 rings (SSSR count). The first kappa shape index (κ1) is 11.0. The molecule has 0 aliphatic heterocycles. The summed E-state index contributed by atoms with van der Waals surface area (Å²) in [5, 5.41) is 8.61. The van der Waals surface area contributed by atoms with Gasteiger partial charge in [-0.15, -0.1) is 0 Å². The molecule has 0 bridgehead atoms. The van der Waals surface area contributed by atoms with Crippen LogP contribution in [0.15, 0.2) is 12.1 Å². The Balaban J connectivity index is 3.27. The first-order valence-corrected chi connectivity index (χ1v) is 3.87. The molecule has 0 fully saturated rings. The van der Waals surface area contributed by atoms with Crippen LogP contribution in [-0.4, -0.2) is 18.1 Å². The number of rotatable bonds is 2. The van der Waals surface area contributed by atoms with E-state index in [-0.39, 0.29) is 5.56 Å². The molecule has 0 N–H and O–H groups in total. The van der Waals surface area contributed by atoms with Crippen LogP contribution in [0.1, 0.15) is 28.2 Å². The number of ether oxygens (including phenoxy) is 1. The molecule has 78 valence electrons. The Bertz CT molecular complexity index is 427. The lowest BCUT2D eigenvalue weighted by Gasteiger charge is -2.03. The minimum atomic E-state index is -2.79. The summed E-state index contributed by atoms with van der Waals surface area (Å²) >= 11 is 0. The number of esters is 1. The number of aromatic nitrogens is 1. The molecule has 0 spiro atoms. The third-order valence-electron chi connectivity index (χ3n) is 1.64. The Labute approximate surface area is 84.1 Å². The van der Waals surface area contributed by atoms with Gasteiger partial charge in [0.15, 0.2) is 5.69 Å². The molecule has 0 aliphatic carbocycles. The largest absolute Gasteiger partial charge is 0.464 e. The van der Waals surface area contributed by atoms with Crippen molar-refractivity contribution in [2.24, 2.45) is 0 Å². The molecule has 0 saturated carbocycles. The number of hydrogen-bond acceptors (Lipinski definition) is 4. The Morgan fingerprint density at radius 2 is 2.27 bits per heavy atom. The minimum absolute atomic E-state index is 0.0914. The van der Waals surface area contributed by atoms with Gasteiger partial charge in [-0.2, -0.15) is 5.26 Å². The summed E-state index contributed by atoms with van der Waals surface area (Å²) in [7, 11) is 1.08. The lowest BCUT2D eigenvalue weighted by atomic mass is 10.2. The van der Waals surface area contributed by atoms with E-state index in [2.05, 4.69) is 9.72 Å². The van der Waals surface area contributed by atoms with Crippen molar-refractivity contribution in [1.29, 1.82) is 5.26 Å². The van der Waals surface area contributed by atoms with Crippen molar-refractivity contribution in [3.63, 3.8) is 0 Å². The SMILES string of the molecule is COC(=O)c1nc(C(F)F)ccc1C#N. The zero-order valence-electron chi connectivity index (χ0n) is 7.70. The number of hydrogen-bond donors (Lipinski definition) is 0. The third-order valence-corrected chi connectivity index (χ3v) is 1.64. The average Bonchev–Trinajstić information content (AvgIpc) is 2.27. The van der Waals surface area contributed by atoms with Crippen molar-refractivity contribution < 1.29 is 18.3 Å². The highest BCUT2D eigenvalue weighted by Gasteiger charge is 2.17. The van der Waals surface area contributed by atoms with E-state index >= 15 is 0 Å². The van der Waals surface area contributed by atoms with Crippen LogP contribution in [-0.2, 0) is 4.74 Å². The van der Waals surface area contributed by atoms with E-state index in [4.69, 9.17) is 5.26 Å². The van der Waals surface area contributed by atoms with Crippen LogP contribution in [0.5, 0.6) is 0 Å². The maximum Gasteiger partial charge on any atom is 0.358 e. The van der Waals surface area contributed by atoms with Gasteiger partial charge >= 0.3 is 5.97 Å². The summed E-state index contributed by atoms with van der Waals surface area (Å²) in [5.74, 6) is -0.908. The van der Waals surface area contributed by atoms with Gasteiger partial charge in [0.05, 0.1) is 12.7 Å². The van der Waals surface area contributed by atoms with E-state index in [1.165, 1.54) is 0 Å². The van der Waals surface area contributed by atoms with Crippen molar-refractivity contribution in [1.82, 2.24) is 4.98 Å². The zero-order valence-corrected chi connectivity index (χ0v) is 7.70. The van der Waals surface area contributed by atoms with Gasteiger partial charge < -0.3 is 4.74 Å². The second-order valence-electron chi connectivity index (χ2n) is 2.54. The van der Waals surface area contributed by atoms with Gasteiger partial charge in [0.1, 0.15) is 11.8 Å². The third kappa shape index (κ3) is 2.26. The van der Waals surface area contributed by atoms with Gasteiger partial charge in [0, 0.05) is 0 Å². The van der Waals surface area contributed by atoms with Crippen molar-refractivity contribution in [2.45, 2.75) is 6.43 Å². The van der Waals surface area contributed by atoms with Crippen LogP contribution < -0.4 is 0 Å². The molecule has 1 heterocycles. The predicted octanol–water partition coefficient (Wildman–Crippen LogP) is 1.68. The van der Waals surface area contributed by atoms with Gasteiger partial charge in [0.2, 0.25) is 0 Å². The Hall–Kier alpha value is -2.03. The Kier molecular flexibility index (Phi) is 3.29. The van der Waals surface area contributed by atoms with Crippen LogP contribution in [0.25, 0.3) is 0 Å². The molecule has 0 atom stereocenters. The first-order valence-electron chi connectivity index (χ1n) is 3.87. The van der Waals surface area contributed by atoms with Crippen LogP contribution in [0, 0.1) is 11.3 Å². The molecule has 15 heavy (non-hydrogen) atoms. The number of pyridine rings is 1. The van der Waals surface area contributed by atoms with Crippen LogP contribution >= 0.6 is 0 Å². The standard InChI is InChI=1S/C9H6F2N2O2/c1-15-9(14)7-5(4-12)2-3-6(13-7)8(10)11/h2-3,8H,1H3. The van der Waals surface area contributed by atoms with Gasteiger partial charge in [-0.3, -0.25) is 0 Å². The topological polar surface area (TPSA) is 63.0 Å². The summed E-state index contributed by atoms with van der Waals surface area (Å²) in [6.45, 7) is 0. The number of alkyl halides is 2. The molecule has 0 aromatic carbocycles. The van der Waals surface area contributed by atoms with E-state index in [1.54, 1.807) is 6.07 Å². The summed E-state index contributed by atoms with van der Waals surface area (Å²) in [6.07, 6.45) is -2.79. The van der Waals surface area contributed by atoms with Gasteiger partial charge in [-0.25, -0.2) is 18.6 Å². The van der Waals surface area contributed by atoms with Gasteiger partial charge in [-0.1, -0.05) is 0 Å². The predicted molar refractivity (Wildman–Crippen MR) is 45.2 cm³/mol. The highest BCUT2D eigenvalue weighted by atomic mass is 19.3. The molecule has 1 aromatic rings. The molecular weight excluding hydrogens is 206 g/mol. The number of halogens is 2. The van der Waals surface area contributed by atoms with Gasteiger partial charge in [0.25, 0.3) is 6.43 Å². The number of methoxy groups -OCH3 is 1. The number of nitrogens with zero attached hydrogens (tertiary/aromatic N) is 2. The van der Waals surface area contributed by atoms with E-state index in [9.17, 15) is 13.6 Å². The van der Waals surface area contributed by atoms with Crippen LogP contribution in [0.3, 0.4) is 0 Å². The van der Waals surface area contributed by atoms with Crippen molar-refractivity contribution in [2.75, 3.05) is 7.11 Å². The van der Waals surface area contributed by atoms with Crippen LogP contribution in [0.4, 0.5) is 8.78 Å². The maximum atomic E-state index is 12.3. The summed E-state index contributed by atoms with van der Waals surface area (Å²) in [6, 6.07) is 3.78. The Morgan fingerprint density at radius 3 is 2.73 bits per heavy atom. The smallest absolute Gasteiger partial charge is 0.358 e. The molecule has 1 aromatic heterocycles. The highest BCUT2D eigenvalue weighted by Crippen LogP contribution is 2.18. The summed E-state index contributed by atoms with van der Waals surface area (Å²) in [4.78, 5) is 14.5. The fourth-order valence-electron chi connectivity index (χ4n) is 0.938. The Morgan fingerprint density at radius 1 is 1.60 bits per heavy atom. The first-order chi connectivity index (χ1) is 7.10. The molecule has 0 unspecified atom stereocenters. The monoisotopic (exact) mass is 212 g/mol. The van der Waals surface area contributed by atoms with E-state index in [1.807, 2.05) is 0 Å². The summed E-state index contributed by atoms with van der Waals surface area (Å²) < 4.78 is 28.8. The van der Waals surface area contributed by atoms with Crippen molar-refractivity contribution >= 4 is 5.97 Å². The lowest BCUT2D eigenvalue weighted by molar-refractivity contribution is 0.0592. The molecular formula is C9H6F2N2O2. The van der Waals surface area contributed by atoms with Crippen molar-refractivity contribution in [3.05, 3.63) is 29.1 Å². The van der Waals surface area contributed by atoms with Crippen LogP contribution in [0.2, 0.25) is 0 Å². The highest BCUT2D eigenvalue weighted by molar-refractivity contribution is 5.89. The summed E-state index contributed by atoms with van der Waals surface area (Å²) in [5.41, 5.74) is -1.04. The number of carbonyl (C=O) groups is 1. The molecule has 0 radical (unpaired) electrons. The number of carbonyl (C=O) groups excluding carboxylic acids is 1. The fraction of sp³-hybridized carbons (Fsp3) is 0.222.